The van der Waals surface area contributed by atoms with Crippen LogP contribution >= 0.6 is 34.4 Å². The topological polar surface area (TPSA) is 64.0 Å². The number of hydrogen-bond acceptors (Lipinski definition) is 6. The second-order valence-corrected chi connectivity index (χ2v) is 11.3. The highest BCUT2D eigenvalue weighted by atomic mass is 32.2. The lowest BCUT2D eigenvalue weighted by Crippen LogP contribution is -2.33. The fraction of sp³-hybridized carbons (Fsp3) is 0.500. The Hall–Kier alpha value is -1.64. The normalized spacial score (nSPS) is 17.1. The first-order chi connectivity index (χ1) is 14.5. The molecule has 5 nitrogen and oxygen atoms in total. The van der Waals surface area contributed by atoms with E-state index in [2.05, 4.69) is 18.3 Å². The number of thiophene rings is 2. The lowest BCUT2D eigenvalue weighted by Gasteiger charge is -2.18. The van der Waals surface area contributed by atoms with Crippen molar-refractivity contribution < 1.29 is 4.79 Å². The summed E-state index contributed by atoms with van der Waals surface area (Å²) >= 11 is 4.74. The molecule has 1 aliphatic carbocycles. The number of hydrogen-bond donors (Lipinski definition) is 1. The van der Waals surface area contributed by atoms with E-state index in [9.17, 15) is 9.59 Å². The molecule has 0 aromatic carbocycles. The number of carbonyl (C=O) groups is 1. The Morgan fingerprint density at radius 1 is 1.47 bits per heavy atom. The van der Waals surface area contributed by atoms with E-state index in [0.29, 0.717) is 24.2 Å². The molecule has 0 saturated heterocycles. The third-order valence-corrected chi connectivity index (χ3v) is 8.77. The number of nitrogens with one attached hydrogen (secondary N) is 1. The van der Waals surface area contributed by atoms with Gasteiger partial charge in [0.2, 0.25) is 5.91 Å². The van der Waals surface area contributed by atoms with Crippen LogP contribution in [0.1, 0.15) is 42.5 Å². The van der Waals surface area contributed by atoms with Gasteiger partial charge in [-0.05, 0) is 62.5 Å². The van der Waals surface area contributed by atoms with Crippen molar-refractivity contribution >= 4 is 50.6 Å². The first-order valence-corrected chi connectivity index (χ1v) is 13.1. The molecule has 2 unspecified atom stereocenters. The minimum Gasteiger partial charge on any atom is -0.355 e. The molecule has 0 saturated carbocycles. The van der Waals surface area contributed by atoms with Crippen LogP contribution < -0.4 is 10.9 Å². The largest absolute Gasteiger partial charge is 0.355 e. The van der Waals surface area contributed by atoms with Crippen LogP contribution in [0.2, 0.25) is 0 Å². The van der Waals surface area contributed by atoms with Gasteiger partial charge in [0.15, 0.2) is 5.16 Å². The lowest BCUT2D eigenvalue weighted by atomic mass is 9.89. The number of aromatic nitrogens is 2. The molecule has 8 heteroatoms. The lowest BCUT2D eigenvalue weighted by molar-refractivity contribution is -0.120. The Morgan fingerprint density at radius 2 is 2.30 bits per heavy atom. The summed E-state index contributed by atoms with van der Waals surface area (Å²) in [7, 11) is 0. The number of aryl methyl sites for hydroxylation is 1. The monoisotopic (exact) mass is 461 g/mol. The van der Waals surface area contributed by atoms with E-state index in [-0.39, 0.29) is 16.7 Å². The molecular weight excluding hydrogens is 434 g/mol. The third-order valence-electron chi connectivity index (χ3n) is 5.60. The van der Waals surface area contributed by atoms with E-state index in [1.165, 1.54) is 27.1 Å². The molecule has 1 N–H and O–H groups in total. The summed E-state index contributed by atoms with van der Waals surface area (Å²) in [6, 6.07) is 4.10. The van der Waals surface area contributed by atoms with Gasteiger partial charge < -0.3 is 5.32 Å². The summed E-state index contributed by atoms with van der Waals surface area (Å²) in [5.74, 6) is 0.638. The number of amides is 1. The molecule has 3 aromatic rings. The van der Waals surface area contributed by atoms with Crippen molar-refractivity contribution in [3.8, 4) is 0 Å². The quantitative estimate of drug-likeness (QED) is 0.416. The Balaban J connectivity index is 1.53. The van der Waals surface area contributed by atoms with Gasteiger partial charge in [-0.2, -0.15) is 0 Å². The minimum absolute atomic E-state index is 0.0205. The molecule has 3 heterocycles. The van der Waals surface area contributed by atoms with E-state index < -0.39 is 0 Å². The average molecular weight is 462 g/mol. The second kappa shape index (κ2) is 9.24. The predicted octanol–water partition coefficient (Wildman–Crippen LogP) is 4.50. The van der Waals surface area contributed by atoms with Crippen LogP contribution in [0.5, 0.6) is 0 Å². The van der Waals surface area contributed by atoms with E-state index in [0.717, 1.165) is 35.9 Å². The molecule has 0 fully saturated rings. The molecule has 160 valence electrons. The van der Waals surface area contributed by atoms with Gasteiger partial charge in [0.05, 0.1) is 10.6 Å². The summed E-state index contributed by atoms with van der Waals surface area (Å²) in [6.07, 6.45) is 3.97. The van der Waals surface area contributed by atoms with Crippen LogP contribution in [0.3, 0.4) is 0 Å². The molecule has 1 amide bonds. The predicted molar refractivity (Wildman–Crippen MR) is 127 cm³/mol. The average Bonchev–Trinajstić information content (AvgIpc) is 3.35. The van der Waals surface area contributed by atoms with Gasteiger partial charge in [-0.15, -0.1) is 22.7 Å². The Morgan fingerprint density at radius 3 is 3.03 bits per heavy atom. The fourth-order valence-electron chi connectivity index (χ4n) is 3.89. The summed E-state index contributed by atoms with van der Waals surface area (Å²) in [5, 5.41) is 6.19. The summed E-state index contributed by atoms with van der Waals surface area (Å²) in [4.78, 5) is 34.1. The van der Waals surface area contributed by atoms with Crippen LogP contribution in [0.25, 0.3) is 10.2 Å². The van der Waals surface area contributed by atoms with Crippen LogP contribution in [-0.4, -0.2) is 27.3 Å². The Labute approximate surface area is 188 Å². The standard InChI is InChI=1S/C22H27N3O2S3/c1-4-25-21(27)18-16-8-7-13(2)12-17(16)30-20(18)24-22(25)29-14(3)19(26)23-10-9-15-6-5-11-28-15/h5-6,11,13-14H,4,7-10,12H2,1-3H3,(H,23,26). The fourth-order valence-corrected chi connectivity index (χ4v) is 7.02. The highest BCUT2D eigenvalue weighted by Gasteiger charge is 2.25. The Kier molecular flexibility index (Phi) is 6.65. The molecule has 30 heavy (non-hydrogen) atoms. The van der Waals surface area contributed by atoms with Gasteiger partial charge in [-0.25, -0.2) is 4.98 Å². The van der Waals surface area contributed by atoms with Crippen molar-refractivity contribution in [2.24, 2.45) is 5.92 Å². The number of fused-ring (bicyclic) bond motifs is 3. The third kappa shape index (κ3) is 4.36. The molecule has 0 radical (unpaired) electrons. The van der Waals surface area contributed by atoms with E-state index in [1.807, 2.05) is 25.3 Å². The maximum atomic E-state index is 13.3. The van der Waals surface area contributed by atoms with Crippen LogP contribution in [0, 0.1) is 5.92 Å². The van der Waals surface area contributed by atoms with Crippen molar-refractivity contribution in [2.45, 2.75) is 63.4 Å². The maximum Gasteiger partial charge on any atom is 0.263 e. The van der Waals surface area contributed by atoms with Crippen LogP contribution in [0.15, 0.2) is 27.5 Å². The van der Waals surface area contributed by atoms with Gasteiger partial charge in [-0.3, -0.25) is 14.2 Å². The van der Waals surface area contributed by atoms with Gasteiger partial charge >= 0.3 is 0 Å². The summed E-state index contributed by atoms with van der Waals surface area (Å²) in [6.45, 7) is 7.28. The number of thioether (sulfide) groups is 1. The van der Waals surface area contributed by atoms with Gasteiger partial charge in [0, 0.05) is 22.8 Å². The zero-order valence-electron chi connectivity index (χ0n) is 17.6. The van der Waals surface area contributed by atoms with Crippen LogP contribution in [-0.2, 0) is 30.6 Å². The molecule has 1 aliphatic rings. The molecule has 0 spiro atoms. The minimum atomic E-state index is -0.315. The first kappa shape index (κ1) is 21.6. The molecule has 0 bridgehead atoms. The van der Waals surface area contributed by atoms with Crippen molar-refractivity contribution in [1.82, 2.24) is 14.9 Å². The van der Waals surface area contributed by atoms with Crippen molar-refractivity contribution in [2.75, 3.05) is 6.54 Å². The number of nitrogens with zero attached hydrogens (tertiary/aromatic N) is 2. The summed E-state index contributed by atoms with van der Waals surface area (Å²) < 4.78 is 1.73. The SMILES string of the molecule is CCn1c(SC(C)C(=O)NCCc2cccs2)nc2sc3c(c2c1=O)CCC(C)C3. The zero-order valence-corrected chi connectivity index (χ0v) is 20.0. The molecule has 0 aliphatic heterocycles. The second-order valence-electron chi connectivity index (χ2n) is 7.86. The maximum absolute atomic E-state index is 13.3. The molecule has 4 rings (SSSR count). The van der Waals surface area contributed by atoms with Gasteiger partial charge in [-0.1, -0.05) is 24.8 Å². The number of rotatable bonds is 7. The van der Waals surface area contributed by atoms with E-state index >= 15 is 0 Å². The molecule has 2 atom stereocenters. The van der Waals surface area contributed by atoms with Gasteiger partial charge in [0.25, 0.3) is 5.56 Å². The van der Waals surface area contributed by atoms with E-state index in [4.69, 9.17) is 4.98 Å². The molecule has 3 aromatic heterocycles. The first-order valence-electron chi connectivity index (χ1n) is 10.5. The highest BCUT2D eigenvalue weighted by molar-refractivity contribution is 8.00. The Bertz CT molecular complexity index is 1100. The van der Waals surface area contributed by atoms with Crippen molar-refractivity contribution in [3.05, 3.63) is 43.2 Å². The summed E-state index contributed by atoms with van der Waals surface area (Å²) in [5.41, 5.74) is 1.26. The zero-order chi connectivity index (χ0) is 21.3. The number of carbonyl (C=O) groups excluding carboxylic acids is 1. The van der Waals surface area contributed by atoms with E-state index in [1.54, 1.807) is 27.2 Å². The van der Waals surface area contributed by atoms with Crippen molar-refractivity contribution in [1.29, 1.82) is 0 Å². The molecular formula is C22H27N3O2S3. The van der Waals surface area contributed by atoms with Crippen LogP contribution in [0.4, 0.5) is 0 Å². The van der Waals surface area contributed by atoms with Crippen molar-refractivity contribution in [3.63, 3.8) is 0 Å². The highest BCUT2D eigenvalue weighted by Crippen LogP contribution is 2.36. The van der Waals surface area contributed by atoms with Gasteiger partial charge in [0.1, 0.15) is 4.83 Å². The smallest absolute Gasteiger partial charge is 0.263 e.